The molecule has 0 radical (unpaired) electrons. The zero-order valence-corrected chi connectivity index (χ0v) is 11.0. The highest BCUT2D eigenvalue weighted by atomic mass is 19.1. The van der Waals surface area contributed by atoms with Crippen LogP contribution in [0.3, 0.4) is 0 Å². The Labute approximate surface area is 111 Å². The minimum Gasteiger partial charge on any atom is -0.469 e. The number of esters is 1. The van der Waals surface area contributed by atoms with Crippen LogP contribution in [-0.2, 0) is 9.53 Å². The Bertz CT molecular complexity index is 477. The Balaban J connectivity index is 2.59. The van der Waals surface area contributed by atoms with E-state index in [1.54, 1.807) is 7.05 Å². The smallest absolute Gasteiger partial charge is 0.305 e. The third kappa shape index (κ3) is 4.24. The van der Waals surface area contributed by atoms with Crippen molar-refractivity contribution in [1.82, 2.24) is 4.90 Å². The molecule has 6 heteroatoms. The third-order valence-electron chi connectivity index (χ3n) is 2.69. The van der Waals surface area contributed by atoms with Crippen LogP contribution in [0.25, 0.3) is 0 Å². The number of nitrogens with zero attached hydrogens (tertiary/aromatic N) is 1. The number of nitrogen functional groups attached to an aromatic ring is 1. The van der Waals surface area contributed by atoms with Gasteiger partial charge >= 0.3 is 5.97 Å². The molecule has 0 unspecified atom stereocenters. The van der Waals surface area contributed by atoms with Crippen molar-refractivity contribution in [3.8, 4) is 0 Å². The molecule has 0 heterocycles. The molecule has 0 atom stereocenters. The highest BCUT2D eigenvalue weighted by molar-refractivity contribution is 5.98. The van der Waals surface area contributed by atoms with Gasteiger partial charge in [0.2, 0.25) is 0 Å². The summed E-state index contributed by atoms with van der Waals surface area (Å²) < 4.78 is 17.4. The van der Waals surface area contributed by atoms with E-state index in [1.807, 2.05) is 0 Å². The molecule has 19 heavy (non-hydrogen) atoms. The molecule has 0 fully saturated rings. The molecule has 0 aromatic heterocycles. The minimum atomic E-state index is -0.484. The fourth-order valence-electron chi connectivity index (χ4n) is 1.60. The Morgan fingerprint density at radius 3 is 2.68 bits per heavy atom. The first-order chi connectivity index (χ1) is 8.95. The molecule has 0 saturated heterocycles. The second-order valence-electron chi connectivity index (χ2n) is 4.14. The summed E-state index contributed by atoms with van der Waals surface area (Å²) in [5.41, 5.74) is 5.95. The van der Waals surface area contributed by atoms with E-state index in [-0.39, 0.29) is 29.5 Å². The maximum absolute atomic E-state index is 12.9. The van der Waals surface area contributed by atoms with Gasteiger partial charge in [-0.3, -0.25) is 9.59 Å². The fraction of sp³-hybridized carbons (Fsp3) is 0.385. The van der Waals surface area contributed by atoms with E-state index in [0.717, 1.165) is 6.07 Å². The summed E-state index contributed by atoms with van der Waals surface area (Å²) in [5, 5.41) is 0. The summed E-state index contributed by atoms with van der Waals surface area (Å²) in [4.78, 5) is 24.4. The molecular formula is C13H17FN2O3. The second-order valence-corrected chi connectivity index (χ2v) is 4.14. The zero-order chi connectivity index (χ0) is 14.4. The maximum Gasteiger partial charge on any atom is 0.305 e. The number of hydrogen-bond acceptors (Lipinski definition) is 4. The van der Waals surface area contributed by atoms with Gasteiger partial charge in [0.05, 0.1) is 12.7 Å². The number of rotatable bonds is 5. The monoisotopic (exact) mass is 268 g/mol. The van der Waals surface area contributed by atoms with E-state index in [0.29, 0.717) is 13.0 Å². The largest absolute Gasteiger partial charge is 0.469 e. The van der Waals surface area contributed by atoms with Crippen LogP contribution in [-0.4, -0.2) is 37.5 Å². The molecule has 1 aromatic rings. The maximum atomic E-state index is 12.9. The number of nitrogens with two attached hydrogens (primary N) is 1. The molecule has 0 aliphatic carbocycles. The predicted octanol–water partition coefficient (Wildman–Crippen LogP) is 1.43. The van der Waals surface area contributed by atoms with Gasteiger partial charge in [0.15, 0.2) is 0 Å². The van der Waals surface area contributed by atoms with E-state index in [4.69, 9.17) is 5.73 Å². The van der Waals surface area contributed by atoms with Crippen molar-refractivity contribution in [2.75, 3.05) is 26.4 Å². The predicted molar refractivity (Wildman–Crippen MR) is 69.0 cm³/mol. The molecule has 0 aliphatic rings. The molecule has 0 saturated carbocycles. The van der Waals surface area contributed by atoms with Gasteiger partial charge in [0.1, 0.15) is 5.82 Å². The lowest BCUT2D eigenvalue weighted by Gasteiger charge is -2.17. The summed E-state index contributed by atoms with van der Waals surface area (Å²) in [5.74, 6) is -1.10. The van der Waals surface area contributed by atoms with Crippen LogP contribution in [0.5, 0.6) is 0 Å². The number of ether oxygens (including phenoxy) is 1. The Morgan fingerprint density at radius 2 is 2.11 bits per heavy atom. The van der Waals surface area contributed by atoms with Gasteiger partial charge in [-0.15, -0.1) is 0 Å². The number of methoxy groups -OCH3 is 1. The molecule has 1 rings (SSSR count). The number of carbonyl (C=O) groups is 2. The highest BCUT2D eigenvalue weighted by Crippen LogP contribution is 2.15. The third-order valence-corrected chi connectivity index (χ3v) is 2.69. The van der Waals surface area contributed by atoms with E-state index in [2.05, 4.69) is 4.74 Å². The van der Waals surface area contributed by atoms with Crippen molar-refractivity contribution in [3.63, 3.8) is 0 Å². The molecule has 0 aliphatic heterocycles. The first-order valence-corrected chi connectivity index (χ1v) is 5.83. The lowest BCUT2D eigenvalue weighted by atomic mass is 10.1. The van der Waals surface area contributed by atoms with Crippen LogP contribution < -0.4 is 5.73 Å². The van der Waals surface area contributed by atoms with Gasteiger partial charge in [-0.05, 0) is 24.6 Å². The van der Waals surface area contributed by atoms with Gasteiger partial charge in [-0.1, -0.05) is 0 Å². The van der Waals surface area contributed by atoms with Gasteiger partial charge in [0, 0.05) is 25.7 Å². The zero-order valence-electron chi connectivity index (χ0n) is 11.0. The van der Waals surface area contributed by atoms with Gasteiger partial charge in [-0.2, -0.15) is 0 Å². The first-order valence-electron chi connectivity index (χ1n) is 5.83. The molecule has 0 bridgehead atoms. The van der Waals surface area contributed by atoms with Gasteiger partial charge in [-0.25, -0.2) is 4.39 Å². The van der Waals surface area contributed by atoms with Crippen molar-refractivity contribution in [1.29, 1.82) is 0 Å². The Morgan fingerprint density at radius 1 is 1.42 bits per heavy atom. The number of amides is 1. The van der Waals surface area contributed by atoms with Crippen LogP contribution in [0.2, 0.25) is 0 Å². The van der Waals surface area contributed by atoms with Crippen LogP contribution >= 0.6 is 0 Å². The van der Waals surface area contributed by atoms with Crippen molar-refractivity contribution in [2.45, 2.75) is 12.8 Å². The summed E-state index contributed by atoms with van der Waals surface area (Å²) in [6, 6.07) is 3.64. The second kappa shape index (κ2) is 6.72. The number of benzene rings is 1. The van der Waals surface area contributed by atoms with Crippen LogP contribution in [0.15, 0.2) is 18.2 Å². The molecule has 104 valence electrons. The fourth-order valence-corrected chi connectivity index (χ4v) is 1.60. The van der Waals surface area contributed by atoms with E-state index >= 15 is 0 Å². The minimum absolute atomic E-state index is 0.102. The molecule has 2 N–H and O–H groups in total. The van der Waals surface area contributed by atoms with E-state index in [9.17, 15) is 14.0 Å². The topological polar surface area (TPSA) is 72.6 Å². The Kier molecular flexibility index (Phi) is 5.29. The molecule has 5 nitrogen and oxygen atoms in total. The van der Waals surface area contributed by atoms with Crippen LogP contribution in [0.4, 0.5) is 10.1 Å². The molecule has 1 amide bonds. The summed E-state index contributed by atoms with van der Waals surface area (Å²) >= 11 is 0. The number of halogens is 1. The lowest BCUT2D eigenvalue weighted by Crippen LogP contribution is -2.28. The number of hydrogen-bond donors (Lipinski definition) is 1. The quantitative estimate of drug-likeness (QED) is 0.647. The molecule has 0 spiro atoms. The average molecular weight is 268 g/mol. The molecular weight excluding hydrogens is 251 g/mol. The summed E-state index contributed by atoms with van der Waals surface area (Å²) in [7, 11) is 2.92. The van der Waals surface area contributed by atoms with Crippen LogP contribution in [0.1, 0.15) is 23.2 Å². The molecule has 1 aromatic carbocycles. The summed E-state index contributed by atoms with van der Waals surface area (Å²) in [6.07, 6.45) is 0.739. The van der Waals surface area contributed by atoms with Crippen molar-refractivity contribution >= 4 is 17.6 Å². The van der Waals surface area contributed by atoms with Crippen LogP contribution in [0, 0.1) is 5.82 Å². The Hall–Kier alpha value is -2.11. The number of carbonyl (C=O) groups excluding carboxylic acids is 2. The standard InChI is InChI=1S/C13H17FN2O3/c1-16(7-3-4-12(17)19-2)13(18)10-6-5-9(14)8-11(10)15/h5-6,8H,3-4,7,15H2,1-2H3. The number of anilines is 1. The van der Waals surface area contributed by atoms with Crippen molar-refractivity contribution in [3.05, 3.63) is 29.6 Å². The first kappa shape index (κ1) is 14.9. The van der Waals surface area contributed by atoms with Crippen molar-refractivity contribution in [2.24, 2.45) is 0 Å². The normalized spacial score (nSPS) is 10.1. The van der Waals surface area contributed by atoms with E-state index < -0.39 is 5.82 Å². The van der Waals surface area contributed by atoms with Gasteiger partial charge in [0.25, 0.3) is 5.91 Å². The summed E-state index contributed by atoms with van der Waals surface area (Å²) in [6.45, 7) is 0.394. The SMILES string of the molecule is COC(=O)CCCN(C)C(=O)c1ccc(F)cc1N. The average Bonchev–Trinajstić information content (AvgIpc) is 2.37. The van der Waals surface area contributed by atoms with Crippen molar-refractivity contribution < 1.29 is 18.7 Å². The highest BCUT2D eigenvalue weighted by Gasteiger charge is 2.15. The lowest BCUT2D eigenvalue weighted by molar-refractivity contribution is -0.140. The van der Waals surface area contributed by atoms with Gasteiger partial charge < -0.3 is 15.4 Å². The van der Waals surface area contributed by atoms with E-state index in [1.165, 1.54) is 24.1 Å².